The van der Waals surface area contributed by atoms with Crippen LogP contribution in [-0.4, -0.2) is 46.2 Å². The zero-order chi connectivity index (χ0) is 25.8. The van der Waals surface area contributed by atoms with Crippen molar-refractivity contribution >= 4 is 35.6 Å². The van der Waals surface area contributed by atoms with E-state index in [2.05, 4.69) is 5.32 Å². The van der Waals surface area contributed by atoms with E-state index in [9.17, 15) is 14.4 Å². The molecule has 1 unspecified atom stereocenters. The van der Waals surface area contributed by atoms with Gasteiger partial charge in [0.2, 0.25) is 6.41 Å². The van der Waals surface area contributed by atoms with Gasteiger partial charge in [-0.15, -0.1) is 0 Å². The van der Waals surface area contributed by atoms with Gasteiger partial charge in [0, 0.05) is 22.8 Å². The van der Waals surface area contributed by atoms with Gasteiger partial charge in [0.1, 0.15) is 5.66 Å². The zero-order valence-corrected chi connectivity index (χ0v) is 21.3. The number of carbonyl (C=O) groups is 3. The van der Waals surface area contributed by atoms with Crippen molar-refractivity contribution in [2.24, 2.45) is 10.9 Å². The van der Waals surface area contributed by atoms with Gasteiger partial charge in [-0.1, -0.05) is 29.8 Å². The number of halogens is 1. The first-order valence-electron chi connectivity index (χ1n) is 11.7. The average Bonchev–Trinajstić information content (AvgIpc) is 3.61. The van der Waals surface area contributed by atoms with Crippen LogP contribution in [0, 0.1) is 12.8 Å². The van der Waals surface area contributed by atoms with Crippen LogP contribution in [0.4, 0.5) is 0 Å². The van der Waals surface area contributed by atoms with Crippen molar-refractivity contribution < 1.29 is 19.5 Å². The van der Waals surface area contributed by atoms with E-state index in [-0.39, 0.29) is 24.9 Å². The van der Waals surface area contributed by atoms with E-state index in [1.165, 1.54) is 0 Å². The summed E-state index contributed by atoms with van der Waals surface area (Å²) in [5.41, 5.74) is 3.29. The highest BCUT2D eigenvalue weighted by molar-refractivity contribution is 6.31. The maximum Gasteiger partial charge on any atom is 0.305 e. The van der Waals surface area contributed by atoms with E-state index in [4.69, 9.17) is 21.7 Å². The van der Waals surface area contributed by atoms with Gasteiger partial charge in [-0.2, -0.15) is 0 Å². The maximum absolute atomic E-state index is 12.4. The Morgan fingerprint density at radius 3 is 2.40 bits per heavy atom. The highest BCUT2D eigenvalue weighted by Crippen LogP contribution is 2.46. The molecule has 0 heterocycles. The fraction of sp³-hybridized carbons (Fsp3) is 0.407. The second-order valence-corrected chi connectivity index (χ2v) is 9.96. The Kier molecular flexibility index (Phi) is 8.33. The van der Waals surface area contributed by atoms with Crippen LogP contribution in [0.2, 0.25) is 5.02 Å². The Morgan fingerprint density at radius 1 is 1.20 bits per heavy atom. The predicted octanol–water partition coefficient (Wildman–Crippen LogP) is 5.01. The average molecular weight is 498 g/mol. The van der Waals surface area contributed by atoms with Gasteiger partial charge in [0.05, 0.1) is 12.5 Å². The molecule has 2 aromatic carbocycles. The van der Waals surface area contributed by atoms with Crippen LogP contribution in [0.15, 0.2) is 47.5 Å². The molecule has 1 saturated carbocycles. The van der Waals surface area contributed by atoms with E-state index >= 15 is 0 Å². The molecule has 1 atom stereocenters. The summed E-state index contributed by atoms with van der Waals surface area (Å²) in [6, 6.07) is 12.7. The molecule has 7 nitrogen and oxygen atoms in total. The SMILES string of the molecule is C/C(=N\C(C)(C)N(C=O)C(c1ccc(C(=O)NCCC(=O)O)cc1)C1CC1)c1cc(C)cc(Cl)c1. The van der Waals surface area contributed by atoms with E-state index in [0.29, 0.717) is 16.5 Å². The summed E-state index contributed by atoms with van der Waals surface area (Å²) in [4.78, 5) is 42.0. The number of nitrogens with one attached hydrogen (secondary N) is 1. The Hall–Kier alpha value is -3.19. The molecule has 186 valence electrons. The summed E-state index contributed by atoms with van der Waals surface area (Å²) in [5.74, 6) is -0.975. The Labute approximate surface area is 211 Å². The third-order valence-electron chi connectivity index (χ3n) is 6.15. The van der Waals surface area contributed by atoms with Crippen molar-refractivity contribution in [1.82, 2.24) is 10.2 Å². The van der Waals surface area contributed by atoms with Crippen LogP contribution in [0.25, 0.3) is 0 Å². The number of hydrogen-bond donors (Lipinski definition) is 2. The smallest absolute Gasteiger partial charge is 0.305 e. The first kappa shape index (κ1) is 26.4. The summed E-state index contributed by atoms with van der Waals surface area (Å²) in [5, 5.41) is 12.0. The Morgan fingerprint density at radius 2 is 1.86 bits per heavy atom. The molecule has 2 aromatic rings. The number of carboxylic acids is 1. The van der Waals surface area contributed by atoms with Crippen molar-refractivity contribution in [3.05, 3.63) is 69.7 Å². The lowest BCUT2D eigenvalue weighted by atomic mass is 9.96. The molecule has 0 aromatic heterocycles. The largest absolute Gasteiger partial charge is 0.481 e. The molecule has 0 bridgehead atoms. The number of nitrogens with zero attached hydrogens (tertiary/aromatic N) is 2. The third kappa shape index (κ3) is 6.92. The molecule has 35 heavy (non-hydrogen) atoms. The number of carbonyl (C=O) groups excluding carboxylic acids is 2. The number of aliphatic imine (C=N–C) groups is 1. The fourth-order valence-corrected chi connectivity index (χ4v) is 4.59. The minimum absolute atomic E-state index is 0.0667. The molecule has 3 rings (SSSR count). The lowest BCUT2D eigenvalue weighted by Crippen LogP contribution is -2.45. The van der Waals surface area contributed by atoms with Crippen LogP contribution >= 0.6 is 11.6 Å². The van der Waals surface area contributed by atoms with E-state index in [1.807, 2.05) is 58.0 Å². The molecular weight excluding hydrogens is 466 g/mol. The molecular formula is C27H32ClN3O4. The normalized spacial score (nSPS) is 14.8. The van der Waals surface area contributed by atoms with Crippen molar-refractivity contribution in [3.63, 3.8) is 0 Å². The second kappa shape index (κ2) is 11.0. The third-order valence-corrected chi connectivity index (χ3v) is 6.37. The maximum atomic E-state index is 12.4. The van der Waals surface area contributed by atoms with Gasteiger partial charge in [-0.05, 0) is 87.4 Å². The van der Waals surface area contributed by atoms with Crippen LogP contribution in [0.1, 0.15) is 73.1 Å². The second-order valence-electron chi connectivity index (χ2n) is 9.53. The Bertz CT molecular complexity index is 1100. The lowest BCUT2D eigenvalue weighted by Gasteiger charge is -2.39. The highest BCUT2D eigenvalue weighted by Gasteiger charge is 2.41. The summed E-state index contributed by atoms with van der Waals surface area (Å²) in [7, 11) is 0. The minimum atomic E-state index is -0.965. The standard InChI is InChI=1S/C27H32ClN3O4/c1-17-13-22(15-23(28)14-17)18(2)30-27(3,4)31(16-32)25(19-5-6-19)20-7-9-21(10-8-20)26(35)29-12-11-24(33)34/h7-10,13-16,19,25H,5-6,11-12H2,1-4H3,(H,29,35)(H,33,34)/b30-18+. The van der Waals surface area contributed by atoms with Crippen LogP contribution in [0.3, 0.4) is 0 Å². The van der Waals surface area contributed by atoms with Gasteiger partial charge in [0.15, 0.2) is 0 Å². The summed E-state index contributed by atoms with van der Waals surface area (Å²) >= 11 is 6.24. The molecule has 0 aliphatic heterocycles. The number of aliphatic carboxylic acids is 1. The molecule has 0 radical (unpaired) electrons. The number of rotatable bonds is 11. The van der Waals surface area contributed by atoms with Crippen LogP contribution < -0.4 is 5.32 Å². The van der Waals surface area contributed by atoms with Gasteiger partial charge < -0.3 is 15.3 Å². The number of hydrogen-bond acceptors (Lipinski definition) is 4. The number of amides is 2. The van der Waals surface area contributed by atoms with Crippen molar-refractivity contribution in [2.45, 2.75) is 58.7 Å². The van der Waals surface area contributed by atoms with Crippen LogP contribution in [0.5, 0.6) is 0 Å². The monoisotopic (exact) mass is 497 g/mol. The number of benzene rings is 2. The zero-order valence-electron chi connectivity index (χ0n) is 20.5. The van der Waals surface area contributed by atoms with Gasteiger partial charge >= 0.3 is 5.97 Å². The Balaban J connectivity index is 1.84. The van der Waals surface area contributed by atoms with E-state index in [1.54, 1.807) is 17.0 Å². The summed E-state index contributed by atoms with van der Waals surface area (Å²) in [6.45, 7) is 7.80. The first-order chi connectivity index (χ1) is 16.5. The predicted molar refractivity (Wildman–Crippen MR) is 137 cm³/mol. The van der Waals surface area contributed by atoms with Crippen molar-refractivity contribution in [1.29, 1.82) is 0 Å². The number of carboxylic acid groups (broad SMARTS) is 1. The quantitative estimate of drug-likeness (QED) is 0.337. The molecule has 2 N–H and O–H groups in total. The van der Waals surface area contributed by atoms with Crippen molar-refractivity contribution in [2.75, 3.05) is 6.54 Å². The summed E-state index contributed by atoms with van der Waals surface area (Å²) < 4.78 is 0. The molecule has 1 fully saturated rings. The van der Waals surface area contributed by atoms with Crippen molar-refractivity contribution in [3.8, 4) is 0 Å². The van der Waals surface area contributed by atoms with Crippen LogP contribution in [-0.2, 0) is 9.59 Å². The topological polar surface area (TPSA) is 99.1 Å². The molecule has 0 saturated heterocycles. The first-order valence-corrected chi connectivity index (χ1v) is 12.1. The van der Waals surface area contributed by atoms with E-state index in [0.717, 1.165) is 41.7 Å². The highest BCUT2D eigenvalue weighted by atomic mass is 35.5. The molecule has 1 aliphatic carbocycles. The minimum Gasteiger partial charge on any atom is -0.481 e. The van der Waals surface area contributed by atoms with E-state index < -0.39 is 11.6 Å². The molecule has 1 aliphatic rings. The molecule has 0 spiro atoms. The summed E-state index contributed by atoms with van der Waals surface area (Å²) in [6.07, 6.45) is 2.75. The number of aryl methyl sites for hydroxylation is 1. The fourth-order valence-electron chi connectivity index (χ4n) is 4.30. The lowest BCUT2D eigenvalue weighted by molar-refractivity contribution is -0.136. The van der Waals surface area contributed by atoms with Gasteiger partial charge in [-0.25, -0.2) is 0 Å². The molecule has 2 amide bonds. The van der Waals surface area contributed by atoms with Gasteiger partial charge in [0.25, 0.3) is 5.91 Å². The molecule has 8 heteroatoms. The van der Waals surface area contributed by atoms with Gasteiger partial charge in [-0.3, -0.25) is 19.4 Å².